The number of ether oxygens (including phenoxy) is 3. The van der Waals surface area contributed by atoms with Crippen molar-refractivity contribution in [2.45, 2.75) is 18.2 Å². The summed E-state index contributed by atoms with van der Waals surface area (Å²) in [6.07, 6.45) is 2.60. The van der Waals surface area contributed by atoms with Crippen molar-refractivity contribution >= 4 is 15.9 Å². The van der Waals surface area contributed by atoms with Crippen molar-refractivity contribution in [1.82, 2.24) is 0 Å². The zero-order chi connectivity index (χ0) is 12.1. The van der Waals surface area contributed by atoms with Crippen molar-refractivity contribution < 1.29 is 14.2 Å². The zero-order valence-electron chi connectivity index (χ0n) is 9.95. The van der Waals surface area contributed by atoms with Crippen molar-refractivity contribution in [1.29, 1.82) is 0 Å². The van der Waals surface area contributed by atoms with Gasteiger partial charge in [0.15, 0.2) is 6.79 Å². The number of hydrogen-bond donors (Lipinski definition) is 0. The van der Waals surface area contributed by atoms with Crippen molar-refractivity contribution in [2.24, 2.45) is 5.92 Å². The molecule has 17 heavy (non-hydrogen) atoms. The van der Waals surface area contributed by atoms with Crippen LogP contribution >= 0.6 is 15.9 Å². The van der Waals surface area contributed by atoms with Crippen LogP contribution in [-0.4, -0.2) is 20.5 Å². The number of halogens is 1. The molecule has 0 unspecified atom stereocenters. The Bertz CT molecular complexity index is 364. The van der Waals surface area contributed by atoms with Crippen LogP contribution in [0.25, 0.3) is 0 Å². The molecule has 1 aliphatic carbocycles. The lowest BCUT2D eigenvalue weighted by atomic mass is 10.2. The maximum Gasteiger partial charge on any atom is 0.189 e. The molecule has 1 fully saturated rings. The quantitative estimate of drug-likeness (QED) is 0.439. The van der Waals surface area contributed by atoms with Gasteiger partial charge in [-0.1, -0.05) is 15.9 Å². The van der Waals surface area contributed by atoms with Gasteiger partial charge in [0.2, 0.25) is 0 Å². The number of methoxy groups -OCH3 is 1. The van der Waals surface area contributed by atoms with Crippen molar-refractivity contribution in [3.63, 3.8) is 0 Å². The van der Waals surface area contributed by atoms with E-state index in [4.69, 9.17) is 14.2 Å². The van der Waals surface area contributed by atoms with Gasteiger partial charge in [0, 0.05) is 10.9 Å². The maximum atomic E-state index is 5.60. The van der Waals surface area contributed by atoms with Crippen LogP contribution in [0.3, 0.4) is 0 Å². The van der Waals surface area contributed by atoms with E-state index < -0.39 is 0 Å². The van der Waals surface area contributed by atoms with Gasteiger partial charge in [-0.05, 0) is 37.0 Å². The highest BCUT2D eigenvalue weighted by Crippen LogP contribution is 2.29. The fourth-order valence-corrected chi connectivity index (χ4v) is 1.97. The highest BCUT2D eigenvalue weighted by Gasteiger charge is 2.21. The van der Waals surface area contributed by atoms with Crippen LogP contribution in [0.4, 0.5) is 0 Å². The molecule has 0 saturated heterocycles. The van der Waals surface area contributed by atoms with Gasteiger partial charge < -0.3 is 14.2 Å². The fourth-order valence-electron chi connectivity index (χ4n) is 1.53. The Hall–Kier alpha value is -0.740. The van der Waals surface area contributed by atoms with Crippen LogP contribution in [0.5, 0.6) is 11.5 Å². The summed E-state index contributed by atoms with van der Waals surface area (Å²) in [5, 5.41) is 0.738. The van der Waals surface area contributed by atoms with E-state index in [9.17, 15) is 0 Å². The first-order valence-corrected chi connectivity index (χ1v) is 6.89. The molecule has 0 aromatic heterocycles. The average molecular weight is 301 g/mol. The molecule has 1 aromatic rings. The van der Waals surface area contributed by atoms with Gasteiger partial charge in [0.1, 0.15) is 11.5 Å². The summed E-state index contributed by atoms with van der Waals surface area (Å²) in [5.41, 5.74) is 1.07. The summed E-state index contributed by atoms with van der Waals surface area (Å²) in [4.78, 5) is 0. The molecule has 1 aromatic carbocycles. The second kappa shape index (κ2) is 6.26. The van der Waals surface area contributed by atoms with Crippen molar-refractivity contribution in [2.75, 3.05) is 20.5 Å². The standard InChI is InChI=1S/C13H17BrO3/c1-15-12-4-5-13(11(6-12)7-14)17-9-16-8-10-2-3-10/h4-6,10H,2-3,7-9H2,1H3. The predicted octanol–water partition coefficient (Wildman–Crippen LogP) is 3.35. The topological polar surface area (TPSA) is 27.7 Å². The molecule has 0 atom stereocenters. The van der Waals surface area contributed by atoms with Crippen molar-refractivity contribution in [3.8, 4) is 11.5 Å². The molecule has 0 aliphatic heterocycles. The second-order valence-corrected chi connectivity index (χ2v) is 4.74. The Morgan fingerprint density at radius 2 is 2.18 bits per heavy atom. The predicted molar refractivity (Wildman–Crippen MR) is 69.8 cm³/mol. The second-order valence-electron chi connectivity index (χ2n) is 4.18. The van der Waals surface area contributed by atoms with E-state index >= 15 is 0 Å². The van der Waals surface area contributed by atoms with E-state index in [2.05, 4.69) is 15.9 Å². The lowest BCUT2D eigenvalue weighted by Gasteiger charge is -2.11. The first-order valence-electron chi connectivity index (χ1n) is 5.77. The van der Waals surface area contributed by atoms with Gasteiger partial charge in [0.25, 0.3) is 0 Å². The Morgan fingerprint density at radius 3 is 2.82 bits per heavy atom. The molecule has 1 aliphatic rings. The van der Waals surface area contributed by atoms with Crippen LogP contribution in [0.2, 0.25) is 0 Å². The molecule has 0 amide bonds. The molecule has 0 spiro atoms. The van der Waals surface area contributed by atoms with E-state index in [0.29, 0.717) is 6.79 Å². The first kappa shape index (κ1) is 12.7. The fraction of sp³-hybridized carbons (Fsp3) is 0.538. The number of rotatable bonds is 7. The normalized spacial score (nSPS) is 14.7. The smallest absolute Gasteiger partial charge is 0.189 e. The molecule has 1 saturated carbocycles. The van der Waals surface area contributed by atoms with Crippen molar-refractivity contribution in [3.05, 3.63) is 23.8 Å². The monoisotopic (exact) mass is 300 g/mol. The third kappa shape index (κ3) is 3.89. The Balaban J connectivity index is 1.84. The van der Waals surface area contributed by atoms with Crippen LogP contribution in [-0.2, 0) is 10.1 Å². The van der Waals surface area contributed by atoms with Gasteiger partial charge >= 0.3 is 0 Å². The third-order valence-corrected chi connectivity index (χ3v) is 3.36. The summed E-state index contributed by atoms with van der Waals surface area (Å²) in [6, 6.07) is 5.77. The molecule has 4 heteroatoms. The Kier molecular flexibility index (Phi) is 4.68. The van der Waals surface area contributed by atoms with E-state index in [-0.39, 0.29) is 0 Å². The molecule has 0 radical (unpaired) electrons. The third-order valence-electron chi connectivity index (χ3n) is 2.76. The van der Waals surface area contributed by atoms with E-state index in [1.807, 2.05) is 18.2 Å². The molecule has 3 nitrogen and oxygen atoms in total. The molecule has 0 N–H and O–H groups in total. The average Bonchev–Trinajstić information content (AvgIpc) is 3.18. The van der Waals surface area contributed by atoms with E-state index in [1.54, 1.807) is 7.11 Å². The maximum absolute atomic E-state index is 5.60. The number of alkyl halides is 1. The molecule has 0 bridgehead atoms. The van der Waals surface area contributed by atoms with E-state index in [1.165, 1.54) is 12.8 Å². The van der Waals surface area contributed by atoms with Crippen LogP contribution < -0.4 is 9.47 Å². The summed E-state index contributed by atoms with van der Waals surface area (Å²) < 4.78 is 16.2. The Labute approximate surface area is 110 Å². The lowest BCUT2D eigenvalue weighted by Crippen LogP contribution is -2.06. The SMILES string of the molecule is COc1ccc(OCOCC2CC2)c(CBr)c1. The molecule has 0 heterocycles. The molecular weight excluding hydrogens is 284 g/mol. The van der Waals surface area contributed by atoms with Crippen LogP contribution in [0.1, 0.15) is 18.4 Å². The summed E-state index contributed by atoms with van der Waals surface area (Å²) in [5.74, 6) is 2.45. The molecule has 2 rings (SSSR count). The first-order chi connectivity index (χ1) is 8.33. The largest absolute Gasteiger partial charge is 0.497 e. The van der Waals surface area contributed by atoms with Gasteiger partial charge in [-0.15, -0.1) is 0 Å². The molecule has 94 valence electrons. The van der Waals surface area contributed by atoms with E-state index in [0.717, 1.165) is 34.9 Å². The van der Waals surface area contributed by atoms with Gasteiger partial charge in [-0.3, -0.25) is 0 Å². The summed E-state index contributed by atoms with van der Waals surface area (Å²) in [6.45, 7) is 1.14. The van der Waals surface area contributed by atoms with Gasteiger partial charge in [0.05, 0.1) is 13.7 Å². The summed E-state index contributed by atoms with van der Waals surface area (Å²) >= 11 is 3.44. The van der Waals surface area contributed by atoms with Gasteiger partial charge in [-0.2, -0.15) is 0 Å². The highest BCUT2D eigenvalue weighted by molar-refractivity contribution is 9.08. The van der Waals surface area contributed by atoms with Crippen LogP contribution in [0, 0.1) is 5.92 Å². The summed E-state index contributed by atoms with van der Waals surface area (Å²) in [7, 11) is 1.66. The van der Waals surface area contributed by atoms with Crippen LogP contribution in [0.15, 0.2) is 18.2 Å². The number of benzene rings is 1. The van der Waals surface area contributed by atoms with Gasteiger partial charge in [-0.25, -0.2) is 0 Å². The minimum Gasteiger partial charge on any atom is -0.497 e. The Morgan fingerprint density at radius 1 is 1.35 bits per heavy atom. The zero-order valence-corrected chi connectivity index (χ0v) is 11.5. The minimum atomic E-state index is 0.322. The lowest BCUT2D eigenvalue weighted by molar-refractivity contribution is 0.00956. The number of hydrogen-bond acceptors (Lipinski definition) is 3. The molecular formula is C13H17BrO3. The highest BCUT2D eigenvalue weighted by atomic mass is 79.9. The minimum absolute atomic E-state index is 0.322.